The van der Waals surface area contributed by atoms with Crippen LogP contribution in [0.2, 0.25) is 0 Å². The van der Waals surface area contributed by atoms with Crippen molar-refractivity contribution in [2.24, 2.45) is 0 Å². The van der Waals surface area contributed by atoms with Crippen LogP contribution < -0.4 is 5.32 Å². The molecule has 100 valence electrons. The van der Waals surface area contributed by atoms with E-state index in [0.29, 0.717) is 5.54 Å². The van der Waals surface area contributed by atoms with Crippen molar-refractivity contribution in [3.63, 3.8) is 0 Å². The third-order valence-corrected chi connectivity index (χ3v) is 5.22. The van der Waals surface area contributed by atoms with Crippen molar-refractivity contribution in [3.8, 4) is 0 Å². The van der Waals surface area contributed by atoms with Crippen LogP contribution in [0.3, 0.4) is 0 Å². The van der Waals surface area contributed by atoms with E-state index in [2.05, 4.69) is 23.4 Å². The molecule has 0 aromatic carbocycles. The first-order valence-corrected chi connectivity index (χ1v) is 8.63. The van der Waals surface area contributed by atoms with Gasteiger partial charge in [0.1, 0.15) is 0 Å². The molecule has 0 aromatic rings. The molecule has 2 aliphatic rings. The molecule has 1 aliphatic carbocycles. The Hall–Kier alpha value is 0.270. The zero-order valence-electron chi connectivity index (χ0n) is 11.5. The molecule has 17 heavy (non-hydrogen) atoms. The number of rotatable bonds is 4. The standard InChI is InChI=1S/C14H28N2S/c1-13(6-11-17-2)16-10-9-15-14(12-16)7-4-3-5-8-14/h13,15H,3-12H2,1-2H3. The van der Waals surface area contributed by atoms with E-state index in [1.807, 2.05) is 11.8 Å². The first-order chi connectivity index (χ1) is 8.26. The third-order valence-electron chi connectivity index (χ3n) is 4.58. The number of piperazine rings is 1. The van der Waals surface area contributed by atoms with Crippen LogP contribution >= 0.6 is 11.8 Å². The summed E-state index contributed by atoms with van der Waals surface area (Å²) in [6, 6.07) is 0.767. The van der Waals surface area contributed by atoms with E-state index >= 15 is 0 Å². The van der Waals surface area contributed by atoms with Gasteiger partial charge in [-0.15, -0.1) is 0 Å². The second-order valence-corrected chi connectivity index (χ2v) is 6.85. The molecule has 1 saturated carbocycles. The highest BCUT2D eigenvalue weighted by Gasteiger charge is 2.37. The van der Waals surface area contributed by atoms with Gasteiger partial charge in [0, 0.05) is 31.2 Å². The van der Waals surface area contributed by atoms with Crippen LogP contribution in [-0.2, 0) is 0 Å². The molecule has 0 amide bonds. The Morgan fingerprint density at radius 2 is 2.06 bits per heavy atom. The van der Waals surface area contributed by atoms with Crippen LogP contribution in [0.1, 0.15) is 45.4 Å². The van der Waals surface area contributed by atoms with Gasteiger partial charge in [0.2, 0.25) is 0 Å². The summed E-state index contributed by atoms with van der Waals surface area (Å²) in [5.74, 6) is 1.30. The summed E-state index contributed by atoms with van der Waals surface area (Å²) in [5.41, 5.74) is 0.476. The van der Waals surface area contributed by atoms with Gasteiger partial charge in [-0.3, -0.25) is 4.90 Å². The minimum Gasteiger partial charge on any atom is -0.309 e. The van der Waals surface area contributed by atoms with Gasteiger partial charge in [-0.05, 0) is 38.2 Å². The van der Waals surface area contributed by atoms with Gasteiger partial charge < -0.3 is 5.32 Å². The van der Waals surface area contributed by atoms with Crippen molar-refractivity contribution >= 4 is 11.8 Å². The second-order valence-electron chi connectivity index (χ2n) is 5.87. The summed E-state index contributed by atoms with van der Waals surface area (Å²) in [7, 11) is 0. The highest BCUT2D eigenvalue weighted by atomic mass is 32.2. The second kappa shape index (κ2) is 6.44. The van der Waals surface area contributed by atoms with Crippen LogP contribution in [-0.4, -0.2) is 48.1 Å². The average molecular weight is 256 g/mol. The van der Waals surface area contributed by atoms with Gasteiger partial charge in [-0.1, -0.05) is 19.3 Å². The van der Waals surface area contributed by atoms with Gasteiger partial charge in [0.25, 0.3) is 0 Å². The molecule has 1 aliphatic heterocycles. The molecular weight excluding hydrogens is 228 g/mol. The lowest BCUT2D eigenvalue weighted by atomic mass is 9.80. The fourth-order valence-electron chi connectivity index (χ4n) is 3.40. The molecule has 1 spiro atoms. The largest absolute Gasteiger partial charge is 0.309 e. The number of nitrogens with zero attached hydrogens (tertiary/aromatic N) is 1. The summed E-state index contributed by atoms with van der Waals surface area (Å²) in [6.45, 7) is 6.15. The number of nitrogens with one attached hydrogen (secondary N) is 1. The molecular formula is C14H28N2S. The summed E-state index contributed by atoms with van der Waals surface area (Å²) in [4.78, 5) is 2.73. The van der Waals surface area contributed by atoms with E-state index < -0.39 is 0 Å². The Balaban J connectivity index is 1.87. The Morgan fingerprint density at radius 3 is 2.76 bits per heavy atom. The Labute approximate surface area is 111 Å². The molecule has 2 fully saturated rings. The minimum absolute atomic E-state index is 0.476. The molecule has 1 saturated heterocycles. The van der Waals surface area contributed by atoms with Gasteiger partial charge in [0.15, 0.2) is 0 Å². The summed E-state index contributed by atoms with van der Waals surface area (Å²) >= 11 is 1.98. The van der Waals surface area contributed by atoms with E-state index in [0.717, 1.165) is 6.04 Å². The monoisotopic (exact) mass is 256 g/mol. The normalized spacial score (nSPS) is 27.2. The Kier molecular flexibility index (Phi) is 5.19. The maximum absolute atomic E-state index is 3.83. The average Bonchev–Trinajstić information content (AvgIpc) is 2.37. The van der Waals surface area contributed by atoms with E-state index in [-0.39, 0.29) is 0 Å². The lowest BCUT2D eigenvalue weighted by molar-refractivity contribution is 0.0723. The fourth-order valence-corrected chi connectivity index (χ4v) is 3.98. The first-order valence-electron chi connectivity index (χ1n) is 7.24. The lowest BCUT2D eigenvalue weighted by Gasteiger charge is -2.48. The molecule has 0 aromatic heterocycles. The molecule has 1 N–H and O–H groups in total. The van der Waals surface area contributed by atoms with Crippen molar-refractivity contribution in [2.45, 2.75) is 57.0 Å². The fraction of sp³-hybridized carbons (Fsp3) is 1.00. The van der Waals surface area contributed by atoms with Crippen LogP contribution in [0.4, 0.5) is 0 Å². The van der Waals surface area contributed by atoms with Crippen LogP contribution in [0.25, 0.3) is 0 Å². The zero-order chi connectivity index (χ0) is 12.1. The van der Waals surface area contributed by atoms with E-state index in [1.165, 1.54) is 63.9 Å². The van der Waals surface area contributed by atoms with Crippen molar-refractivity contribution in [3.05, 3.63) is 0 Å². The van der Waals surface area contributed by atoms with Crippen molar-refractivity contribution in [2.75, 3.05) is 31.6 Å². The Morgan fingerprint density at radius 1 is 1.29 bits per heavy atom. The maximum atomic E-state index is 3.83. The molecule has 2 rings (SSSR count). The molecule has 1 atom stereocenters. The molecule has 0 bridgehead atoms. The van der Waals surface area contributed by atoms with Crippen molar-refractivity contribution in [1.29, 1.82) is 0 Å². The number of hydrogen-bond acceptors (Lipinski definition) is 3. The smallest absolute Gasteiger partial charge is 0.0309 e. The van der Waals surface area contributed by atoms with Gasteiger partial charge >= 0.3 is 0 Å². The predicted octanol–water partition coefficient (Wildman–Crippen LogP) is 2.74. The Bertz CT molecular complexity index is 221. The number of thioether (sulfide) groups is 1. The lowest BCUT2D eigenvalue weighted by Crippen LogP contribution is -2.62. The third kappa shape index (κ3) is 3.62. The van der Waals surface area contributed by atoms with Crippen LogP contribution in [0.5, 0.6) is 0 Å². The van der Waals surface area contributed by atoms with E-state index in [9.17, 15) is 0 Å². The van der Waals surface area contributed by atoms with Gasteiger partial charge in [0.05, 0.1) is 0 Å². The maximum Gasteiger partial charge on any atom is 0.0309 e. The number of hydrogen-bond donors (Lipinski definition) is 1. The molecule has 3 heteroatoms. The molecule has 0 radical (unpaired) electrons. The first kappa shape index (κ1) is 13.7. The molecule has 1 unspecified atom stereocenters. The summed E-state index contributed by atoms with van der Waals surface area (Å²) < 4.78 is 0. The van der Waals surface area contributed by atoms with Crippen LogP contribution in [0.15, 0.2) is 0 Å². The van der Waals surface area contributed by atoms with Crippen LogP contribution in [0, 0.1) is 0 Å². The quantitative estimate of drug-likeness (QED) is 0.832. The highest BCUT2D eigenvalue weighted by molar-refractivity contribution is 7.98. The van der Waals surface area contributed by atoms with E-state index in [1.54, 1.807) is 0 Å². The van der Waals surface area contributed by atoms with E-state index in [4.69, 9.17) is 0 Å². The van der Waals surface area contributed by atoms with Gasteiger partial charge in [-0.25, -0.2) is 0 Å². The minimum atomic E-state index is 0.476. The van der Waals surface area contributed by atoms with Gasteiger partial charge in [-0.2, -0.15) is 11.8 Å². The highest BCUT2D eigenvalue weighted by Crippen LogP contribution is 2.31. The summed E-state index contributed by atoms with van der Waals surface area (Å²) in [5, 5.41) is 3.83. The topological polar surface area (TPSA) is 15.3 Å². The zero-order valence-corrected chi connectivity index (χ0v) is 12.3. The summed E-state index contributed by atoms with van der Waals surface area (Å²) in [6.07, 6.45) is 10.7. The van der Waals surface area contributed by atoms with Crippen molar-refractivity contribution in [1.82, 2.24) is 10.2 Å². The van der Waals surface area contributed by atoms with Crippen molar-refractivity contribution < 1.29 is 0 Å². The SMILES string of the molecule is CSCCC(C)N1CCNC2(CCCCC2)C1. The molecule has 1 heterocycles. The predicted molar refractivity (Wildman–Crippen MR) is 77.9 cm³/mol. The molecule has 2 nitrogen and oxygen atoms in total.